The van der Waals surface area contributed by atoms with Gasteiger partial charge in [-0.1, -0.05) is 12.1 Å². The zero-order valence-corrected chi connectivity index (χ0v) is 10.2. The summed E-state index contributed by atoms with van der Waals surface area (Å²) in [7, 11) is 1.52. The van der Waals surface area contributed by atoms with Crippen LogP contribution in [0.2, 0.25) is 0 Å². The average molecular weight is 261 g/mol. The van der Waals surface area contributed by atoms with Crippen LogP contribution in [0.5, 0.6) is 5.75 Å². The molecule has 0 aliphatic rings. The minimum Gasteiger partial charge on any atom is -0.495 e. The van der Waals surface area contributed by atoms with Crippen LogP contribution < -0.4 is 10.1 Å². The molecule has 0 saturated heterocycles. The van der Waals surface area contributed by atoms with Gasteiger partial charge in [0.15, 0.2) is 0 Å². The molecule has 19 heavy (non-hydrogen) atoms. The maximum Gasteiger partial charge on any atom is 0.335 e. The number of carboxylic acids is 1. The first-order valence-electron chi connectivity index (χ1n) is 5.54. The maximum absolute atomic E-state index is 13.8. The van der Waals surface area contributed by atoms with Gasteiger partial charge in [0.05, 0.1) is 24.0 Å². The van der Waals surface area contributed by atoms with Crippen molar-refractivity contribution >= 4 is 17.3 Å². The van der Waals surface area contributed by atoms with E-state index in [0.29, 0.717) is 11.4 Å². The van der Waals surface area contributed by atoms with Gasteiger partial charge in [0.1, 0.15) is 11.6 Å². The third-order valence-corrected chi connectivity index (χ3v) is 2.59. The highest BCUT2D eigenvalue weighted by molar-refractivity contribution is 5.88. The molecule has 4 nitrogen and oxygen atoms in total. The molecular weight excluding hydrogens is 249 g/mol. The summed E-state index contributed by atoms with van der Waals surface area (Å²) in [5.74, 6) is -1.22. The van der Waals surface area contributed by atoms with Gasteiger partial charge < -0.3 is 15.2 Å². The maximum atomic E-state index is 13.8. The molecule has 5 heteroatoms. The Morgan fingerprint density at radius 1 is 1.21 bits per heavy atom. The molecule has 2 N–H and O–H groups in total. The molecule has 0 heterocycles. The van der Waals surface area contributed by atoms with Crippen molar-refractivity contribution < 1.29 is 19.0 Å². The van der Waals surface area contributed by atoms with Crippen molar-refractivity contribution in [2.45, 2.75) is 0 Å². The van der Waals surface area contributed by atoms with Crippen molar-refractivity contribution in [1.82, 2.24) is 0 Å². The first kappa shape index (κ1) is 12.9. The van der Waals surface area contributed by atoms with Crippen LogP contribution >= 0.6 is 0 Å². The summed E-state index contributed by atoms with van der Waals surface area (Å²) >= 11 is 0. The fourth-order valence-electron chi connectivity index (χ4n) is 1.64. The normalized spacial score (nSPS) is 10.0. The van der Waals surface area contributed by atoms with E-state index in [1.807, 2.05) is 0 Å². The number of hydrogen-bond acceptors (Lipinski definition) is 3. The Labute approximate surface area is 109 Å². The summed E-state index contributed by atoms with van der Waals surface area (Å²) in [6.07, 6.45) is 0. The van der Waals surface area contributed by atoms with Gasteiger partial charge in [0, 0.05) is 0 Å². The second kappa shape index (κ2) is 5.39. The molecule has 0 saturated carbocycles. The van der Waals surface area contributed by atoms with E-state index < -0.39 is 11.8 Å². The highest BCUT2D eigenvalue weighted by atomic mass is 19.1. The van der Waals surface area contributed by atoms with Crippen LogP contribution in [0.4, 0.5) is 15.8 Å². The number of hydrogen-bond donors (Lipinski definition) is 2. The Bertz CT molecular complexity index is 613. The van der Waals surface area contributed by atoms with Crippen molar-refractivity contribution in [3.8, 4) is 5.75 Å². The van der Waals surface area contributed by atoms with Crippen molar-refractivity contribution in [3.05, 3.63) is 53.8 Å². The van der Waals surface area contributed by atoms with Gasteiger partial charge in [-0.2, -0.15) is 0 Å². The van der Waals surface area contributed by atoms with Crippen LogP contribution in [-0.4, -0.2) is 18.2 Å². The number of anilines is 2. The largest absolute Gasteiger partial charge is 0.495 e. The zero-order valence-electron chi connectivity index (χ0n) is 10.2. The lowest BCUT2D eigenvalue weighted by Gasteiger charge is -2.11. The van der Waals surface area contributed by atoms with Gasteiger partial charge in [-0.05, 0) is 30.3 Å². The molecule has 0 bridgehead atoms. The number of para-hydroxylation sites is 2. The summed E-state index contributed by atoms with van der Waals surface area (Å²) in [4.78, 5) is 10.7. The van der Waals surface area contributed by atoms with E-state index in [-0.39, 0.29) is 11.3 Å². The van der Waals surface area contributed by atoms with Gasteiger partial charge in [-0.15, -0.1) is 0 Å². The molecule has 0 aliphatic heterocycles. The zero-order chi connectivity index (χ0) is 13.8. The highest BCUT2D eigenvalue weighted by Crippen LogP contribution is 2.28. The Hall–Kier alpha value is -2.56. The van der Waals surface area contributed by atoms with Crippen LogP contribution in [0.15, 0.2) is 42.5 Å². The second-order valence-corrected chi connectivity index (χ2v) is 3.83. The van der Waals surface area contributed by atoms with E-state index in [4.69, 9.17) is 9.84 Å². The number of aromatic carboxylic acids is 1. The van der Waals surface area contributed by atoms with E-state index in [9.17, 15) is 9.18 Å². The Kier molecular flexibility index (Phi) is 3.66. The van der Waals surface area contributed by atoms with Crippen molar-refractivity contribution in [3.63, 3.8) is 0 Å². The van der Waals surface area contributed by atoms with Crippen LogP contribution in [0.25, 0.3) is 0 Å². The number of halogens is 1. The molecule has 0 amide bonds. The molecular formula is C14H12FNO3. The number of ether oxygens (including phenoxy) is 1. The lowest BCUT2D eigenvalue weighted by atomic mass is 10.2. The monoisotopic (exact) mass is 261 g/mol. The number of carboxylic acid groups (broad SMARTS) is 1. The molecule has 2 aromatic carbocycles. The van der Waals surface area contributed by atoms with Crippen LogP contribution in [0, 0.1) is 5.82 Å². The lowest BCUT2D eigenvalue weighted by molar-refractivity contribution is 0.0696. The molecule has 98 valence electrons. The number of carbonyl (C=O) groups is 1. The quantitative estimate of drug-likeness (QED) is 0.886. The van der Waals surface area contributed by atoms with Gasteiger partial charge in [0.25, 0.3) is 0 Å². The molecule has 0 spiro atoms. The fraction of sp³-hybridized carbons (Fsp3) is 0.0714. The first-order chi connectivity index (χ1) is 9.11. The van der Waals surface area contributed by atoms with Crippen molar-refractivity contribution in [2.75, 3.05) is 12.4 Å². The molecule has 0 aliphatic carbocycles. The SMILES string of the molecule is COc1ccccc1Nc1ccc(C(=O)O)cc1F. The molecule has 0 aromatic heterocycles. The molecule has 2 aromatic rings. The van der Waals surface area contributed by atoms with E-state index in [1.165, 1.54) is 19.2 Å². The standard InChI is InChI=1S/C14H12FNO3/c1-19-13-5-3-2-4-12(13)16-11-7-6-9(14(17)18)8-10(11)15/h2-8,16H,1H3,(H,17,18). The van der Waals surface area contributed by atoms with E-state index >= 15 is 0 Å². The van der Waals surface area contributed by atoms with Gasteiger partial charge in [-0.25, -0.2) is 9.18 Å². The second-order valence-electron chi connectivity index (χ2n) is 3.83. The number of rotatable bonds is 4. The van der Waals surface area contributed by atoms with Crippen molar-refractivity contribution in [1.29, 1.82) is 0 Å². The summed E-state index contributed by atoms with van der Waals surface area (Å²) in [5.41, 5.74) is 0.699. The molecule has 2 rings (SSSR count). The Morgan fingerprint density at radius 2 is 1.95 bits per heavy atom. The predicted molar refractivity (Wildman–Crippen MR) is 69.6 cm³/mol. The minimum atomic E-state index is -1.16. The lowest BCUT2D eigenvalue weighted by Crippen LogP contribution is -2.00. The van der Waals surface area contributed by atoms with Gasteiger partial charge >= 0.3 is 5.97 Å². The topological polar surface area (TPSA) is 58.6 Å². The van der Waals surface area contributed by atoms with Crippen molar-refractivity contribution in [2.24, 2.45) is 0 Å². The average Bonchev–Trinajstić information content (AvgIpc) is 2.41. The number of methoxy groups -OCH3 is 1. The number of benzene rings is 2. The number of nitrogens with one attached hydrogen (secondary N) is 1. The first-order valence-corrected chi connectivity index (χ1v) is 5.54. The smallest absolute Gasteiger partial charge is 0.335 e. The highest BCUT2D eigenvalue weighted by Gasteiger charge is 2.10. The van der Waals surface area contributed by atoms with E-state index in [1.54, 1.807) is 24.3 Å². The molecule has 0 atom stereocenters. The van der Waals surface area contributed by atoms with Crippen LogP contribution in [0.3, 0.4) is 0 Å². The summed E-state index contributed by atoms with van der Waals surface area (Å²) in [6.45, 7) is 0. The third kappa shape index (κ3) is 2.82. The summed E-state index contributed by atoms with van der Waals surface area (Å²) in [5, 5.41) is 11.6. The van der Waals surface area contributed by atoms with Crippen LogP contribution in [0.1, 0.15) is 10.4 Å². The summed E-state index contributed by atoms with van der Waals surface area (Å²) in [6, 6.07) is 10.8. The Balaban J connectivity index is 2.31. The van der Waals surface area contributed by atoms with E-state index in [2.05, 4.69) is 5.32 Å². The third-order valence-electron chi connectivity index (χ3n) is 2.59. The predicted octanol–water partition coefficient (Wildman–Crippen LogP) is 3.28. The van der Waals surface area contributed by atoms with E-state index in [0.717, 1.165) is 6.07 Å². The summed E-state index contributed by atoms with van der Waals surface area (Å²) < 4.78 is 18.9. The molecule has 0 radical (unpaired) electrons. The molecule has 0 unspecified atom stereocenters. The fourth-order valence-corrected chi connectivity index (χ4v) is 1.64. The van der Waals surface area contributed by atoms with Crippen LogP contribution in [-0.2, 0) is 0 Å². The Morgan fingerprint density at radius 3 is 2.58 bits per heavy atom. The van der Waals surface area contributed by atoms with Gasteiger partial charge in [-0.3, -0.25) is 0 Å². The van der Waals surface area contributed by atoms with Gasteiger partial charge in [0.2, 0.25) is 0 Å². The minimum absolute atomic E-state index is 0.0944. The molecule has 0 fully saturated rings.